The quantitative estimate of drug-likeness (QED) is 0.0704. The summed E-state index contributed by atoms with van der Waals surface area (Å²) in [6, 6.07) is 45.3. The molecule has 0 fully saturated rings. The van der Waals surface area contributed by atoms with E-state index in [1.54, 1.807) is 45.0 Å². The number of hydrogen-bond acceptors (Lipinski definition) is 9. The molecule has 0 saturated heterocycles. The first-order chi connectivity index (χ1) is 29.4. The van der Waals surface area contributed by atoms with E-state index in [-0.39, 0.29) is 31.3 Å². The van der Waals surface area contributed by atoms with Crippen LogP contribution in [0.25, 0.3) is 0 Å². The van der Waals surface area contributed by atoms with Crippen molar-refractivity contribution >= 4 is 21.6 Å². The summed E-state index contributed by atoms with van der Waals surface area (Å²) in [5, 5.41) is 22.2. The van der Waals surface area contributed by atoms with Crippen molar-refractivity contribution in [1.82, 2.24) is 0 Å². The minimum absolute atomic E-state index is 0.0416. The van der Waals surface area contributed by atoms with Crippen molar-refractivity contribution in [3.05, 3.63) is 168 Å². The molecule has 0 amide bonds. The highest BCUT2D eigenvalue weighted by molar-refractivity contribution is 8.24. The molecular weight excluding hydrogens is 801 g/mol. The van der Waals surface area contributed by atoms with E-state index >= 15 is 0 Å². The number of benzene rings is 6. The van der Waals surface area contributed by atoms with Gasteiger partial charge in [-0.3, -0.25) is 0 Å². The monoisotopic (exact) mass is 854 g/mol. The normalized spacial score (nSPS) is 12.0. The van der Waals surface area contributed by atoms with Crippen molar-refractivity contribution in [3.63, 3.8) is 0 Å². The summed E-state index contributed by atoms with van der Waals surface area (Å²) >= 11 is 0. The highest BCUT2D eigenvalue weighted by Crippen LogP contribution is 2.56. The lowest BCUT2D eigenvalue weighted by atomic mass is 9.72. The van der Waals surface area contributed by atoms with Gasteiger partial charge in [-0.25, -0.2) is 9.59 Å². The highest BCUT2D eigenvalue weighted by Gasteiger charge is 2.33. The zero-order chi connectivity index (χ0) is 44.7. The molecule has 0 aliphatic carbocycles. The average molecular weight is 855 g/mol. The molecule has 10 heteroatoms. The first kappa shape index (κ1) is 44.9. The summed E-state index contributed by atoms with van der Waals surface area (Å²) in [4.78, 5) is 27.8. The van der Waals surface area contributed by atoms with Gasteiger partial charge in [0.2, 0.25) is 0 Å². The maximum atomic E-state index is 12.6. The van der Waals surface area contributed by atoms with Crippen LogP contribution < -0.4 is 14.2 Å². The van der Waals surface area contributed by atoms with E-state index in [2.05, 4.69) is 24.3 Å². The molecule has 0 unspecified atom stereocenters. The second kappa shape index (κ2) is 18.6. The van der Waals surface area contributed by atoms with E-state index in [9.17, 15) is 19.8 Å². The predicted molar refractivity (Wildman–Crippen MR) is 242 cm³/mol. The van der Waals surface area contributed by atoms with Gasteiger partial charge in [-0.2, -0.15) is 0 Å². The molecule has 0 heterocycles. The number of phenolic OH excluding ortho intramolecular Hbond substituents is 2. The molecule has 0 bridgehead atoms. The van der Waals surface area contributed by atoms with Gasteiger partial charge >= 0.3 is 12.1 Å². The van der Waals surface area contributed by atoms with Gasteiger partial charge < -0.3 is 33.9 Å². The number of aromatic hydroxyl groups is 2. The second-order valence-electron chi connectivity index (χ2n) is 16.9. The Kier molecular flexibility index (Phi) is 13.5. The number of rotatable bonds is 12. The van der Waals surface area contributed by atoms with Crippen molar-refractivity contribution < 1.29 is 43.5 Å². The van der Waals surface area contributed by atoms with Gasteiger partial charge in [0, 0.05) is 42.7 Å². The van der Waals surface area contributed by atoms with Crippen LogP contribution in [-0.4, -0.2) is 47.8 Å². The maximum absolute atomic E-state index is 12.6. The third kappa shape index (κ3) is 10.5. The molecule has 0 radical (unpaired) electrons. The summed E-state index contributed by atoms with van der Waals surface area (Å²) in [6.07, 6.45) is -0.797. The molecule has 62 heavy (non-hydrogen) atoms. The molecule has 0 aliphatic heterocycles. The van der Waals surface area contributed by atoms with Crippen LogP contribution in [0.3, 0.4) is 0 Å². The molecule has 0 spiro atoms. The molecule has 0 aromatic heterocycles. The van der Waals surface area contributed by atoms with E-state index in [1.807, 2.05) is 119 Å². The lowest BCUT2D eigenvalue weighted by Crippen LogP contribution is -2.26. The van der Waals surface area contributed by atoms with Crippen LogP contribution in [0.1, 0.15) is 70.7 Å². The number of carbonyl (C=O) groups excluding carboxylic acids is 2. The predicted octanol–water partition coefficient (Wildman–Crippen LogP) is 11.9. The molecule has 322 valence electrons. The summed E-state index contributed by atoms with van der Waals surface area (Å²) in [5.41, 5.74) is 8.02. The van der Waals surface area contributed by atoms with Crippen LogP contribution in [0.4, 0.5) is 4.79 Å². The smallest absolute Gasteiger partial charge is 0.507 e. The Hall–Kier alpha value is -6.61. The van der Waals surface area contributed by atoms with Crippen LogP contribution in [0, 0.1) is 5.69 Å². The molecule has 0 atom stereocenters. The molecule has 0 aliphatic rings. The Balaban J connectivity index is 1.02. The van der Waals surface area contributed by atoms with Crippen LogP contribution in [0.15, 0.2) is 160 Å². The van der Waals surface area contributed by atoms with Gasteiger partial charge in [0.05, 0.1) is 0 Å². The van der Waals surface area contributed by atoms with Crippen molar-refractivity contribution in [2.45, 2.75) is 79.6 Å². The Bertz CT molecular complexity index is 2540. The molecular formula is C52H54O9S. The van der Waals surface area contributed by atoms with Crippen LogP contribution in [-0.2, 0) is 25.1 Å². The SMILES string of the molecule is C#S(c1ccccc1)(c1ccccc1)c1ccc(OCCOC(=O)COc2ccc(C(C)(C)c3cc(C(C)(C)c4ccc(OC(=O)OC(C)(C)C)cc4)c(O)cc3O)cc2)cc1. The van der Waals surface area contributed by atoms with E-state index < -0.39 is 38.0 Å². The Morgan fingerprint density at radius 3 is 1.47 bits per heavy atom. The van der Waals surface area contributed by atoms with Crippen molar-refractivity contribution in [3.8, 4) is 34.4 Å². The summed E-state index contributed by atoms with van der Waals surface area (Å²) in [6.45, 7) is 13.1. The number of carbonyl (C=O) groups is 2. The Morgan fingerprint density at radius 2 is 0.984 bits per heavy atom. The van der Waals surface area contributed by atoms with Crippen molar-refractivity contribution in [2.24, 2.45) is 0 Å². The lowest BCUT2D eigenvalue weighted by molar-refractivity contribution is -0.146. The largest absolute Gasteiger partial charge is 0.514 e. The van der Waals surface area contributed by atoms with Gasteiger partial charge in [-0.05, 0) is 111 Å². The number of phenols is 2. The van der Waals surface area contributed by atoms with E-state index in [0.717, 1.165) is 25.8 Å². The molecule has 6 rings (SSSR count). The molecule has 9 nitrogen and oxygen atoms in total. The van der Waals surface area contributed by atoms with E-state index in [1.165, 1.54) is 6.07 Å². The number of hydrogen-bond donors (Lipinski definition) is 2. The first-order valence-corrected chi connectivity index (χ1v) is 22.0. The second-order valence-corrected chi connectivity index (χ2v) is 19.6. The Labute approximate surface area is 365 Å². The van der Waals surface area contributed by atoms with Crippen LogP contribution >= 0.6 is 9.44 Å². The fourth-order valence-electron chi connectivity index (χ4n) is 7.09. The Morgan fingerprint density at radius 1 is 0.548 bits per heavy atom. The standard InChI is InChI=1S/C52H54O9S/c1-50(2,3)61-49(56)60-40-25-21-37(22-26-40)52(6,7)45-33-44(46(53)34-47(45)54)51(4,5)36-19-23-39(24-20-36)59-35-48(55)58-32-31-57-38-27-29-43(30-28-38)62(8,41-15-11-9-12-16-41)42-17-13-10-14-18-42/h8-30,33-34,53-54H,31-32,35H2,1-7H3. The zero-order valence-electron chi connectivity index (χ0n) is 36.2. The van der Waals surface area contributed by atoms with Gasteiger partial charge in [-0.1, -0.05) is 88.4 Å². The van der Waals surface area contributed by atoms with Crippen LogP contribution in [0.2, 0.25) is 0 Å². The summed E-state index contributed by atoms with van der Waals surface area (Å²) in [5.74, 6) is 0.780. The van der Waals surface area contributed by atoms with Gasteiger partial charge in [-0.15, -0.1) is 15.1 Å². The van der Waals surface area contributed by atoms with E-state index in [0.29, 0.717) is 28.4 Å². The summed E-state index contributed by atoms with van der Waals surface area (Å²) in [7, 11) is -1.98. The maximum Gasteiger partial charge on any atom is 0.514 e. The fourth-order valence-corrected chi connectivity index (χ4v) is 9.65. The third-order valence-corrected chi connectivity index (χ3v) is 13.6. The topological polar surface area (TPSA) is 121 Å². The molecule has 0 saturated carbocycles. The first-order valence-electron chi connectivity index (χ1n) is 20.3. The van der Waals surface area contributed by atoms with Crippen molar-refractivity contribution in [2.75, 3.05) is 19.8 Å². The zero-order valence-corrected chi connectivity index (χ0v) is 37.0. The number of ether oxygens (including phenoxy) is 5. The molecule has 6 aromatic rings. The lowest BCUT2D eigenvalue weighted by Gasteiger charge is -2.32. The van der Waals surface area contributed by atoms with Gasteiger partial charge in [0.25, 0.3) is 0 Å². The number of esters is 1. The third-order valence-electron chi connectivity index (χ3n) is 10.6. The minimum Gasteiger partial charge on any atom is -0.507 e. The molecule has 6 aromatic carbocycles. The molecule has 2 N–H and O–H groups in total. The van der Waals surface area contributed by atoms with Gasteiger partial charge in [0.1, 0.15) is 47.6 Å². The van der Waals surface area contributed by atoms with E-state index in [4.69, 9.17) is 29.4 Å². The fraction of sp³-hybridized carbons (Fsp3) is 0.250. The van der Waals surface area contributed by atoms with Crippen LogP contribution in [0.5, 0.6) is 28.7 Å². The van der Waals surface area contributed by atoms with Crippen molar-refractivity contribution in [1.29, 1.82) is 0 Å². The summed E-state index contributed by atoms with van der Waals surface area (Å²) < 4.78 is 27.6. The minimum atomic E-state index is -1.98. The van der Waals surface area contributed by atoms with Gasteiger partial charge in [0.15, 0.2) is 6.61 Å². The highest BCUT2D eigenvalue weighted by atomic mass is 32.2. The average Bonchev–Trinajstić information content (AvgIpc) is 3.24.